The van der Waals surface area contributed by atoms with Crippen molar-refractivity contribution in [3.63, 3.8) is 0 Å². The van der Waals surface area contributed by atoms with Crippen LogP contribution in [0.3, 0.4) is 0 Å². The lowest BCUT2D eigenvalue weighted by Crippen LogP contribution is -1.98. The van der Waals surface area contributed by atoms with Gasteiger partial charge in [-0.3, -0.25) is 0 Å². The van der Waals surface area contributed by atoms with Gasteiger partial charge >= 0.3 is 0 Å². The Morgan fingerprint density at radius 3 is 2.00 bits per heavy atom. The van der Waals surface area contributed by atoms with Gasteiger partial charge in [-0.1, -0.05) is 29.3 Å². The molecule has 0 spiro atoms. The van der Waals surface area contributed by atoms with Gasteiger partial charge in [0, 0.05) is 26.3 Å². The maximum Gasteiger partial charge on any atom is 0.261 e. The zero-order valence-electron chi connectivity index (χ0n) is 10.0. The third-order valence-electron chi connectivity index (χ3n) is 2.55. The fourth-order valence-corrected chi connectivity index (χ4v) is 2.80. The number of halogens is 3. The Morgan fingerprint density at radius 1 is 0.950 bits per heavy atom. The molecule has 0 unspecified atom stereocenters. The quantitative estimate of drug-likeness (QED) is 0.762. The molecule has 0 N–H and O–H groups in total. The van der Waals surface area contributed by atoms with E-state index < -0.39 is 9.05 Å². The summed E-state index contributed by atoms with van der Waals surface area (Å²) >= 11 is 12.0. The predicted molar refractivity (Wildman–Crippen MR) is 80.3 cm³/mol. The monoisotopic (exact) mass is 350 g/mol. The maximum atomic E-state index is 11.1. The first-order valence-electron chi connectivity index (χ1n) is 5.48. The molecule has 7 heteroatoms. The average molecular weight is 352 g/mol. The molecule has 0 aromatic heterocycles. The molecule has 0 bridgehead atoms. The first-order valence-corrected chi connectivity index (χ1v) is 8.55. The number of ether oxygens (including phenoxy) is 1. The standard InChI is InChI=1S/C13H9Cl3O3S/c14-12-2-1-3-13(15)11(12)8-19-9-4-6-10(7-5-9)20(16,17)18/h1-7H,8H2. The number of hydrogen-bond donors (Lipinski definition) is 0. The zero-order valence-corrected chi connectivity index (χ0v) is 13.1. The molecule has 0 saturated heterocycles. The van der Waals surface area contributed by atoms with Gasteiger partial charge in [-0.15, -0.1) is 0 Å². The van der Waals surface area contributed by atoms with Crippen molar-refractivity contribution in [1.82, 2.24) is 0 Å². The van der Waals surface area contributed by atoms with Crippen molar-refractivity contribution in [2.75, 3.05) is 0 Å². The van der Waals surface area contributed by atoms with Gasteiger partial charge in [0.1, 0.15) is 12.4 Å². The summed E-state index contributed by atoms with van der Waals surface area (Å²) in [5.41, 5.74) is 0.671. The molecule has 0 aliphatic carbocycles. The summed E-state index contributed by atoms with van der Waals surface area (Å²) in [4.78, 5) is 0.0160. The van der Waals surface area contributed by atoms with Crippen molar-refractivity contribution in [3.05, 3.63) is 58.1 Å². The Kier molecular flexibility index (Phi) is 4.81. The van der Waals surface area contributed by atoms with E-state index in [9.17, 15) is 8.42 Å². The van der Waals surface area contributed by atoms with E-state index in [0.717, 1.165) is 0 Å². The predicted octanol–water partition coefficient (Wildman–Crippen LogP) is 4.50. The number of rotatable bonds is 4. The van der Waals surface area contributed by atoms with Gasteiger partial charge in [-0.2, -0.15) is 0 Å². The van der Waals surface area contributed by atoms with Crippen molar-refractivity contribution >= 4 is 42.9 Å². The van der Waals surface area contributed by atoms with E-state index in [0.29, 0.717) is 21.4 Å². The molecule has 3 nitrogen and oxygen atoms in total. The topological polar surface area (TPSA) is 43.4 Å². The summed E-state index contributed by atoms with van der Waals surface area (Å²) in [7, 11) is 1.50. The van der Waals surface area contributed by atoms with Gasteiger partial charge in [0.2, 0.25) is 0 Å². The molecule has 0 fully saturated rings. The third-order valence-corrected chi connectivity index (χ3v) is 4.63. The third kappa shape index (κ3) is 3.79. The van der Waals surface area contributed by atoms with Crippen molar-refractivity contribution in [3.8, 4) is 5.75 Å². The molecule has 0 amide bonds. The maximum absolute atomic E-state index is 11.1. The van der Waals surface area contributed by atoms with Gasteiger partial charge in [0.15, 0.2) is 0 Å². The Bertz CT molecular complexity index is 692. The molecular weight excluding hydrogens is 343 g/mol. The van der Waals surface area contributed by atoms with Crippen LogP contribution < -0.4 is 4.74 Å². The van der Waals surface area contributed by atoms with Crippen LogP contribution in [0.15, 0.2) is 47.4 Å². The molecule has 0 atom stereocenters. The summed E-state index contributed by atoms with van der Waals surface area (Å²) in [6, 6.07) is 10.9. The number of hydrogen-bond acceptors (Lipinski definition) is 3. The van der Waals surface area contributed by atoms with Gasteiger partial charge in [-0.05, 0) is 36.4 Å². The van der Waals surface area contributed by atoms with E-state index in [1.54, 1.807) is 18.2 Å². The lowest BCUT2D eigenvalue weighted by Gasteiger charge is -2.09. The highest BCUT2D eigenvalue weighted by Crippen LogP contribution is 2.26. The fraction of sp³-hybridized carbons (Fsp3) is 0.0769. The Balaban J connectivity index is 2.12. The highest BCUT2D eigenvalue weighted by atomic mass is 35.7. The molecule has 106 valence electrons. The zero-order chi connectivity index (χ0) is 14.8. The second-order valence-electron chi connectivity index (χ2n) is 3.90. The van der Waals surface area contributed by atoms with Crippen molar-refractivity contribution < 1.29 is 13.2 Å². The van der Waals surface area contributed by atoms with Crippen LogP contribution in [0, 0.1) is 0 Å². The molecule has 0 heterocycles. The van der Waals surface area contributed by atoms with Crippen LogP contribution in [-0.4, -0.2) is 8.42 Å². The van der Waals surface area contributed by atoms with Crippen molar-refractivity contribution in [1.29, 1.82) is 0 Å². The number of benzene rings is 2. The van der Waals surface area contributed by atoms with Crippen LogP contribution in [-0.2, 0) is 15.7 Å². The Labute approximate surface area is 131 Å². The average Bonchev–Trinajstić information content (AvgIpc) is 2.37. The van der Waals surface area contributed by atoms with Crippen LogP contribution in [0.1, 0.15) is 5.56 Å². The van der Waals surface area contributed by atoms with E-state index in [-0.39, 0.29) is 11.5 Å². The van der Waals surface area contributed by atoms with Gasteiger partial charge < -0.3 is 4.74 Å². The SMILES string of the molecule is O=S(=O)(Cl)c1ccc(OCc2c(Cl)cccc2Cl)cc1. The molecule has 0 saturated carbocycles. The van der Waals surface area contributed by atoms with Crippen molar-refractivity contribution in [2.24, 2.45) is 0 Å². The van der Waals surface area contributed by atoms with Crippen LogP contribution in [0.5, 0.6) is 5.75 Å². The van der Waals surface area contributed by atoms with Crippen LogP contribution in [0.4, 0.5) is 0 Å². The summed E-state index contributed by atoms with van der Waals surface area (Å²) in [5.74, 6) is 0.491. The lowest BCUT2D eigenvalue weighted by atomic mass is 10.2. The van der Waals surface area contributed by atoms with Crippen LogP contribution in [0.25, 0.3) is 0 Å². The summed E-state index contributed by atoms with van der Waals surface area (Å²) in [6.07, 6.45) is 0. The van der Waals surface area contributed by atoms with Gasteiger partial charge in [-0.25, -0.2) is 8.42 Å². The molecule has 0 aliphatic heterocycles. The van der Waals surface area contributed by atoms with E-state index in [1.807, 2.05) is 0 Å². The second kappa shape index (κ2) is 6.22. The minimum Gasteiger partial charge on any atom is -0.489 e. The normalized spacial score (nSPS) is 11.3. The van der Waals surface area contributed by atoms with Crippen LogP contribution in [0.2, 0.25) is 10.0 Å². The van der Waals surface area contributed by atoms with E-state index in [4.69, 9.17) is 38.6 Å². The van der Waals surface area contributed by atoms with E-state index in [1.165, 1.54) is 24.3 Å². The molecule has 20 heavy (non-hydrogen) atoms. The smallest absolute Gasteiger partial charge is 0.261 e. The Hall–Kier alpha value is -0.940. The van der Waals surface area contributed by atoms with Crippen molar-refractivity contribution in [2.45, 2.75) is 11.5 Å². The molecule has 2 aromatic carbocycles. The molecule has 2 rings (SSSR count). The summed E-state index contributed by atoms with van der Waals surface area (Å²) in [5, 5.41) is 1.02. The summed E-state index contributed by atoms with van der Waals surface area (Å²) in [6.45, 7) is 0.186. The highest BCUT2D eigenvalue weighted by molar-refractivity contribution is 8.13. The summed E-state index contributed by atoms with van der Waals surface area (Å²) < 4.78 is 27.7. The van der Waals surface area contributed by atoms with Crippen LogP contribution >= 0.6 is 33.9 Å². The van der Waals surface area contributed by atoms with Gasteiger partial charge in [0.05, 0.1) is 4.90 Å². The molecule has 0 aliphatic rings. The minimum absolute atomic E-state index is 0.0160. The molecular formula is C13H9Cl3O3S. The Morgan fingerprint density at radius 2 is 1.50 bits per heavy atom. The minimum atomic E-state index is -3.73. The molecule has 0 radical (unpaired) electrons. The van der Waals surface area contributed by atoms with E-state index >= 15 is 0 Å². The largest absolute Gasteiger partial charge is 0.489 e. The van der Waals surface area contributed by atoms with Gasteiger partial charge in [0.25, 0.3) is 9.05 Å². The van der Waals surface area contributed by atoms with E-state index in [2.05, 4.69) is 0 Å². The highest BCUT2D eigenvalue weighted by Gasteiger charge is 2.10. The second-order valence-corrected chi connectivity index (χ2v) is 7.28. The first-order chi connectivity index (χ1) is 9.38. The molecule has 2 aromatic rings. The lowest BCUT2D eigenvalue weighted by molar-refractivity contribution is 0.306. The fourth-order valence-electron chi connectivity index (χ4n) is 1.52. The first kappa shape index (κ1) is 15.4.